The van der Waals surface area contributed by atoms with Crippen LogP contribution in [0.15, 0.2) is 60.0 Å². The lowest BCUT2D eigenvalue weighted by atomic mass is 10.3. The van der Waals surface area contributed by atoms with Gasteiger partial charge in [-0.3, -0.25) is 4.57 Å². The number of anilines is 1. The predicted octanol–water partition coefficient (Wildman–Crippen LogP) is 2.76. The normalized spacial score (nSPS) is 11.1. The molecule has 0 saturated heterocycles. The first-order valence-corrected chi connectivity index (χ1v) is 7.95. The molecule has 4 rings (SSSR count). The fourth-order valence-electron chi connectivity index (χ4n) is 2.60. The average Bonchev–Trinajstić information content (AvgIpc) is 3.31. The van der Waals surface area contributed by atoms with Crippen molar-refractivity contribution in [2.75, 3.05) is 12.3 Å². The number of aromatic nitrogens is 5. The minimum absolute atomic E-state index is 0.135. The zero-order chi connectivity index (χ0) is 17.9. The maximum atomic E-state index is 5.89. The summed E-state index contributed by atoms with van der Waals surface area (Å²) in [6, 6.07) is 9.24. The van der Waals surface area contributed by atoms with Crippen LogP contribution >= 0.6 is 0 Å². The zero-order valence-corrected chi connectivity index (χ0v) is 13.9. The maximum Gasteiger partial charge on any atom is 0.222 e. The first-order valence-electron chi connectivity index (χ1n) is 7.95. The van der Waals surface area contributed by atoms with Crippen LogP contribution in [-0.2, 0) is 11.3 Å². The predicted molar refractivity (Wildman–Crippen MR) is 96.4 cm³/mol. The van der Waals surface area contributed by atoms with Gasteiger partial charge in [0.05, 0.1) is 25.2 Å². The van der Waals surface area contributed by atoms with Crippen LogP contribution in [0.1, 0.15) is 5.69 Å². The number of fused-ring (bicyclic) bond motifs is 1. The number of nitrogens with two attached hydrogens (primary N) is 1. The highest BCUT2D eigenvalue weighted by atomic mass is 16.5. The Morgan fingerprint density at radius 3 is 2.92 bits per heavy atom. The zero-order valence-electron chi connectivity index (χ0n) is 13.9. The molecule has 4 heterocycles. The second-order valence-electron chi connectivity index (χ2n) is 5.49. The standard InChI is InChI=1S/C18H16N6O2/c1-2-8-25-10-12-5-3-7-14(21-12)24-11-20-16-15(13-6-4-9-26-13)22-18(19)23-17(16)24/h2-7,9,11H,1,8,10H2,(H2,19,22,23). The summed E-state index contributed by atoms with van der Waals surface area (Å²) in [5.74, 6) is 1.38. The summed E-state index contributed by atoms with van der Waals surface area (Å²) in [5.41, 5.74) is 8.37. The lowest BCUT2D eigenvalue weighted by Crippen LogP contribution is -2.04. The Bertz CT molecular complexity index is 1050. The summed E-state index contributed by atoms with van der Waals surface area (Å²) in [7, 11) is 0. The highest BCUT2D eigenvalue weighted by molar-refractivity contribution is 5.87. The summed E-state index contributed by atoms with van der Waals surface area (Å²) in [6.07, 6.45) is 4.91. The molecule has 0 aromatic carbocycles. The Morgan fingerprint density at radius 2 is 2.12 bits per heavy atom. The number of hydrogen-bond donors (Lipinski definition) is 1. The molecule has 2 N–H and O–H groups in total. The van der Waals surface area contributed by atoms with Gasteiger partial charge < -0.3 is 14.9 Å². The first-order chi connectivity index (χ1) is 12.8. The van der Waals surface area contributed by atoms with E-state index in [1.807, 2.05) is 18.2 Å². The molecular weight excluding hydrogens is 332 g/mol. The average molecular weight is 348 g/mol. The minimum atomic E-state index is 0.135. The molecule has 0 unspecified atom stereocenters. The van der Waals surface area contributed by atoms with E-state index in [-0.39, 0.29) is 5.95 Å². The fourth-order valence-corrected chi connectivity index (χ4v) is 2.60. The van der Waals surface area contributed by atoms with E-state index in [2.05, 4.69) is 26.5 Å². The number of pyridine rings is 1. The molecule has 4 aromatic rings. The van der Waals surface area contributed by atoms with Gasteiger partial charge in [0.25, 0.3) is 0 Å². The van der Waals surface area contributed by atoms with E-state index in [1.165, 1.54) is 0 Å². The van der Waals surface area contributed by atoms with Crippen molar-refractivity contribution in [1.29, 1.82) is 0 Å². The summed E-state index contributed by atoms with van der Waals surface area (Å²) in [4.78, 5) is 17.6. The Hall–Kier alpha value is -3.52. The molecule has 26 heavy (non-hydrogen) atoms. The maximum absolute atomic E-state index is 5.89. The molecule has 8 heteroatoms. The van der Waals surface area contributed by atoms with Gasteiger partial charge in [0.1, 0.15) is 23.4 Å². The van der Waals surface area contributed by atoms with Gasteiger partial charge in [-0.05, 0) is 24.3 Å². The third kappa shape index (κ3) is 2.93. The highest BCUT2D eigenvalue weighted by Gasteiger charge is 2.17. The van der Waals surface area contributed by atoms with E-state index in [0.29, 0.717) is 41.6 Å². The van der Waals surface area contributed by atoms with Crippen LogP contribution in [0.25, 0.3) is 28.4 Å². The Balaban J connectivity index is 1.78. The van der Waals surface area contributed by atoms with Crippen molar-refractivity contribution in [2.24, 2.45) is 0 Å². The number of nitrogen functional groups attached to an aromatic ring is 1. The number of ether oxygens (including phenoxy) is 1. The number of rotatable bonds is 6. The van der Waals surface area contributed by atoms with Gasteiger partial charge in [-0.1, -0.05) is 12.1 Å². The third-order valence-electron chi connectivity index (χ3n) is 3.69. The van der Waals surface area contributed by atoms with Crippen molar-refractivity contribution >= 4 is 17.1 Å². The van der Waals surface area contributed by atoms with Crippen LogP contribution in [0.3, 0.4) is 0 Å². The van der Waals surface area contributed by atoms with Crippen molar-refractivity contribution in [3.05, 3.63) is 61.3 Å². The molecule has 0 atom stereocenters. The lowest BCUT2D eigenvalue weighted by molar-refractivity contribution is 0.146. The van der Waals surface area contributed by atoms with E-state index >= 15 is 0 Å². The SMILES string of the molecule is C=CCOCc1cccc(-n2cnc3c(-c4ccco4)nc(N)nc32)n1. The van der Waals surface area contributed by atoms with Gasteiger partial charge in [-0.15, -0.1) is 6.58 Å². The quantitative estimate of drug-likeness (QED) is 0.422. The van der Waals surface area contributed by atoms with Crippen LogP contribution in [0.2, 0.25) is 0 Å². The van der Waals surface area contributed by atoms with Crippen LogP contribution in [0, 0.1) is 0 Å². The highest BCUT2D eigenvalue weighted by Crippen LogP contribution is 2.27. The second-order valence-corrected chi connectivity index (χ2v) is 5.49. The molecular formula is C18H16N6O2. The molecule has 4 aromatic heterocycles. The third-order valence-corrected chi connectivity index (χ3v) is 3.69. The van der Waals surface area contributed by atoms with Crippen molar-refractivity contribution in [3.8, 4) is 17.3 Å². The van der Waals surface area contributed by atoms with Gasteiger partial charge in [0.15, 0.2) is 11.4 Å². The number of imidazole rings is 1. The van der Waals surface area contributed by atoms with E-state index in [1.54, 1.807) is 35.4 Å². The molecule has 130 valence electrons. The molecule has 0 radical (unpaired) electrons. The summed E-state index contributed by atoms with van der Waals surface area (Å²) >= 11 is 0. The van der Waals surface area contributed by atoms with E-state index in [9.17, 15) is 0 Å². The number of furan rings is 1. The van der Waals surface area contributed by atoms with Crippen LogP contribution in [-0.4, -0.2) is 31.1 Å². The summed E-state index contributed by atoms with van der Waals surface area (Å²) < 4.78 is 12.6. The molecule has 0 aliphatic rings. The first kappa shape index (κ1) is 16.0. The van der Waals surface area contributed by atoms with E-state index < -0.39 is 0 Å². The summed E-state index contributed by atoms with van der Waals surface area (Å²) in [5, 5.41) is 0. The minimum Gasteiger partial charge on any atom is -0.463 e. The largest absolute Gasteiger partial charge is 0.463 e. The summed E-state index contributed by atoms with van der Waals surface area (Å²) in [6.45, 7) is 4.49. The van der Waals surface area contributed by atoms with Gasteiger partial charge in [-0.2, -0.15) is 4.98 Å². The van der Waals surface area contributed by atoms with Gasteiger partial charge in [0.2, 0.25) is 5.95 Å². The van der Waals surface area contributed by atoms with E-state index in [0.717, 1.165) is 5.69 Å². The fraction of sp³-hybridized carbons (Fsp3) is 0.111. The van der Waals surface area contributed by atoms with Crippen molar-refractivity contribution in [3.63, 3.8) is 0 Å². The molecule has 0 amide bonds. The van der Waals surface area contributed by atoms with Crippen LogP contribution in [0.5, 0.6) is 0 Å². The molecule has 0 fully saturated rings. The Kier molecular flexibility index (Phi) is 4.16. The number of nitrogens with zero attached hydrogens (tertiary/aromatic N) is 5. The topological polar surface area (TPSA) is 105 Å². The molecule has 8 nitrogen and oxygen atoms in total. The molecule has 0 bridgehead atoms. The lowest BCUT2D eigenvalue weighted by Gasteiger charge is -2.07. The number of hydrogen-bond acceptors (Lipinski definition) is 7. The molecule has 0 aliphatic carbocycles. The van der Waals surface area contributed by atoms with Crippen molar-refractivity contribution in [1.82, 2.24) is 24.5 Å². The Morgan fingerprint density at radius 1 is 1.19 bits per heavy atom. The van der Waals surface area contributed by atoms with Crippen molar-refractivity contribution in [2.45, 2.75) is 6.61 Å². The van der Waals surface area contributed by atoms with Gasteiger partial charge in [0, 0.05) is 0 Å². The van der Waals surface area contributed by atoms with Gasteiger partial charge in [-0.25, -0.2) is 15.0 Å². The second kappa shape index (κ2) is 6.77. The van der Waals surface area contributed by atoms with Crippen molar-refractivity contribution < 1.29 is 9.15 Å². The Labute approximate surface area is 149 Å². The van der Waals surface area contributed by atoms with E-state index in [4.69, 9.17) is 14.9 Å². The van der Waals surface area contributed by atoms with Crippen LogP contribution in [0.4, 0.5) is 5.95 Å². The molecule has 0 spiro atoms. The molecule has 0 saturated carbocycles. The smallest absolute Gasteiger partial charge is 0.222 e. The molecule has 0 aliphatic heterocycles. The monoisotopic (exact) mass is 348 g/mol. The van der Waals surface area contributed by atoms with Gasteiger partial charge >= 0.3 is 0 Å². The van der Waals surface area contributed by atoms with Crippen LogP contribution < -0.4 is 5.73 Å².